The van der Waals surface area contributed by atoms with E-state index in [1.807, 2.05) is 13.8 Å². The molecule has 0 unspecified atom stereocenters. The van der Waals surface area contributed by atoms with Gasteiger partial charge in [0, 0.05) is 12.2 Å². The van der Waals surface area contributed by atoms with Crippen molar-refractivity contribution in [3.8, 4) is 5.75 Å². The minimum Gasteiger partial charge on any atom is -0.494 e. The number of hydrogen-bond acceptors (Lipinski definition) is 8. The number of ether oxygens (including phenoxy) is 2. The molecule has 0 spiro atoms. The molecule has 13 heteroatoms. The molecule has 0 fully saturated rings. The molecule has 0 aliphatic rings. The molecule has 0 saturated carbocycles. The summed E-state index contributed by atoms with van der Waals surface area (Å²) in [7, 11) is -2.27. The van der Waals surface area contributed by atoms with E-state index in [2.05, 4.69) is 19.8 Å². The fraction of sp³-hybridized carbons (Fsp3) is 0.522. The molecule has 202 valence electrons. The van der Waals surface area contributed by atoms with Crippen LogP contribution >= 0.6 is 11.3 Å². The molecule has 0 saturated heterocycles. The molecule has 36 heavy (non-hydrogen) atoms. The van der Waals surface area contributed by atoms with Gasteiger partial charge in [0.2, 0.25) is 0 Å². The number of nitrogens with two attached hydrogens (primary N) is 1. The number of urea groups is 1. The van der Waals surface area contributed by atoms with Crippen molar-refractivity contribution in [2.45, 2.75) is 64.2 Å². The monoisotopic (exact) mass is 543 g/mol. The molecule has 2 rings (SSSR count). The van der Waals surface area contributed by atoms with Crippen molar-refractivity contribution >= 4 is 44.3 Å². The number of carbonyl (C=O) groups is 2. The Morgan fingerprint density at radius 1 is 1.17 bits per heavy atom. The Labute approximate surface area is 217 Å². The maximum absolute atomic E-state index is 12.9. The first-order valence-corrected chi connectivity index (χ1v) is 13.7. The van der Waals surface area contributed by atoms with Crippen molar-refractivity contribution in [2.75, 3.05) is 30.4 Å². The second kappa shape index (κ2) is 14.0. The molecule has 1 aromatic heterocycles. The van der Waals surface area contributed by atoms with Gasteiger partial charge in [-0.15, -0.1) is 0 Å². The van der Waals surface area contributed by atoms with Crippen LogP contribution in [0.2, 0.25) is 0 Å². The number of nitrogens with one attached hydrogen (secondary N) is 2. The summed E-state index contributed by atoms with van der Waals surface area (Å²) < 4.78 is 36.7. The number of aromatic nitrogens is 1. The average molecular weight is 544 g/mol. The van der Waals surface area contributed by atoms with Gasteiger partial charge in [-0.2, -0.15) is 0 Å². The first-order chi connectivity index (χ1) is 16.7. The normalized spacial score (nSPS) is 11.2. The number of nitrogens with zero attached hydrogens (tertiary/aromatic N) is 2. The van der Waals surface area contributed by atoms with Crippen LogP contribution in [0.1, 0.15) is 53.2 Å². The van der Waals surface area contributed by atoms with Gasteiger partial charge >= 0.3 is 12.1 Å². The van der Waals surface area contributed by atoms with Crippen molar-refractivity contribution in [1.82, 2.24) is 9.71 Å². The molecule has 11 nitrogen and oxygen atoms in total. The van der Waals surface area contributed by atoms with Gasteiger partial charge in [-0.25, -0.2) is 27.7 Å². The predicted molar refractivity (Wildman–Crippen MR) is 142 cm³/mol. The number of rotatable bonds is 9. The fourth-order valence-electron chi connectivity index (χ4n) is 2.72. The lowest BCUT2D eigenvalue weighted by atomic mass is 10.2. The number of benzene rings is 1. The molecule has 4 N–H and O–H groups in total. The molecule has 0 bridgehead atoms. The minimum atomic E-state index is -3.62. The highest BCUT2D eigenvalue weighted by molar-refractivity contribution is 7.91. The van der Waals surface area contributed by atoms with Crippen LogP contribution in [0, 0.1) is 6.92 Å². The molecule has 1 aromatic carbocycles. The van der Waals surface area contributed by atoms with Crippen LogP contribution in [-0.4, -0.2) is 51.3 Å². The molecular formula is C23H37N5O6S2. The molecule has 1 heterocycles. The van der Waals surface area contributed by atoms with Crippen molar-refractivity contribution in [1.29, 1.82) is 0 Å². The van der Waals surface area contributed by atoms with E-state index in [0.29, 0.717) is 29.7 Å². The van der Waals surface area contributed by atoms with Crippen molar-refractivity contribution in [2.24, 2.45) is 5.73 Å². The van der Waals surface area contributed by atoms with Gasteiger partial charge < -0.3 is 20.5 Å². The highest BCUT2D eigenvalue weighted by Gasteiger charge is 2.25. The molecule has 3 amide bonds. The van der Waals surface area contributed by atoms with Crippen molar-refractivity contribution < 1.29 is 27.5 Å². The molecule has 0 aliphatic heterocycles. The zero-order chi connectivity index (χ0) is 27.5. The van der Waals surface area contributed by atoms with Gasteiger partial charge in [0.25, 0.3) is 10.0 Å². The summed E-state index contributed by atoms with van der Waals surface area (Å²) in [5.41, 5.74) is 5.25. The van der Waals surface area contributed by atoms with E-state index in [-0.39, 0.29) is 10.2 Å². The summed E-state index contributed by atoms with van der Waals surface area (Å²) in [5, 5.41) is 3.18. The van der Waals surface area contributed by atoms with E-state index in [4.69, 9.17) is 10.5 Å². The second-order valence-corrected chi connectivity index (χ2v) is 11.6. The lowest BCUT2D eigenvalue weighted by Gasteiger charge is -2.20. The van der Waals surface area contributed by atoms with E-state index in [1.54, 1.807) is 52.0 Å². The van der Waals surface area contributed by atoms with Gasteiger partial charge in [-0.1, -0.05) is 24.7 Å². The third-order valence-corrected chi connectivity index (χ3v) is 7.49. The first kappa shape index (κ1) is 31.1. The predicted octanol–water partition coefficient (Wildman–Crippen LogP) is 4.48. The number of carbonyl (C=O) groups excluding carboxylic acids is 2. The third kappa shape index (κ3) is 10.4. The molecule has 0 radical (unpaired) electrons. The number of sulfonamides is 1. The van der Waals surface area contributed by atoms with Crippen molar-refractivity contribution in [3.63, 3.8) is 0 Å². The Bertz CT molecular complexity index is 1100. The Morgan fingerprint density at radius 3 is 2.22 bits per heavy atom. The molecule has 0 atom stereocenters. The standard InChI is InChI=1S/C18H26N4O4S2.C5H11NO2/c1-5-7-12-22(18-20-13(3)16(27-18)28(24,25)19-4)17(23)21-14-8-10-15(11-9-14)26-6-2;1-5(2,3)8-4(6)7/h8-11,19H,5-7,12H2,1-4H3,(H,21,23);1-3H3,(H2,6,7). The van der Waals surface area contributed by atoms with Gasteiger partial charge in [0.15, 0.2) is 9.34 Å². The van der Waals surface area contributed by atoms with Crippen LogP contribution in [0.4, 0.5) is 20.4 Å². The molecule has 0 aliphatic carbocycles. The van der Waals surface area contributed by atoms with Crippen LogP contribution in [0.15, 0.2) is 28.5 Å². The average Bonchev–Trinajstić information content (AvgIpc) is 3.16. The Kier molecular flexibility index (Phi) is 12.1. The number of hydrogen-bond donors (Lipinski definition) is 3. The van der Waals surface area contributed by atoms with E-state index >= 15 is 0 Å². The van der Waals surface area contributed by atoms with Crippen LogP contribution in [0.3, 0.4) is 0 Å². The SMILES string of the molecule is CC(C)(C)OC(N)=O.CCCCN(C(=O)Nc1ccc(OCC)cc1)c1nc(C)c(S(=O)(=O)NC)s1. The zero-order valence-corrected chi connectivity index (χ0v) is 23.5. The zero-order valence-electron chi connectivity index (χ0n) is 21.9. The fourth-order valence-corrected chi connectivity index (χ4v) is 5.08. The van der Waals surface area contributed by atoms with E-state index in [9.17, 15) is 18.0 Å². The second-order valence-electron chi connectivity index (χ2n) is 8.50. The number of anilines is 2. The van der Waals surface area contributed by atoms with E-state index in [0.717, 1.165) is 29.9 Å². The number of thiazole rings is 1. The smallest absolute Gasteiger partial charge is 0.405 e. The Morgan fingerprint density at radius 2 is 1.78 bits per heavy atom. The topological polar surface area (TPSA) is 153 Å². The highest BCUT2D eigenvalue weighted by atomic mass is 32.2. The summed E-state index contributed by atoms with van der Waals surface area (Å²) in [5.74, 6) is 0.723. The third-order valence-electron chi connectivity index (χ3n) is 4.29. The molecular weight excluding hydrogens is 506 g/mol. The van der Waals surface area contributed by atoms with Gasteiger partial charge in [-0.3, -0.25) is 4.90 Å². The Balaban J connectivity index is 0.000000697. The highest BCUT2D eigenvalue weighted by Crippen LogP contribution is 2.30. The van der Waals surface area contributed by atoms with Crippen LogP contribution in [0.5, 0.6) is 5.75 Å². The summed E-state index contributed by atoms with van der Waals surface area (Å²) >= 11 is 0.981. The summed E-state index contributed by atoms with van der Waals surface area (Å²) in [6, 6.07) is 6.71. The number of unbranched alkanes of at least 4 members (excludes halogenated alkanes) is 1. The van der Waals surface area contributed by atoms with Gasteiger partial charge in [-0.05, 0) is 72.4 Å². The summed E-state index contributed by atoms with van der Waals surface area (Å²) in [6.07, 6.45) is 0.931. The van der Waals surface area contributed by atoms with E-state index in [1.165, 1.54) is 11.9 Å². The quantitative estimate of drug-likeness (QED) is 0.421. The number of aryl methyl sites for hydroxylation is 1. The first-order valence-electron chi connectivity index (χ1n) is 11.4. The largest absolute Gasteiger partial charge is 0.494 e. The number of amides is 3. The summed E-state index contributed by atoms with van der Waals surface area (Å²) in [6.45, 7) is 11.8. The van der Waals surface area contributed by atoms with Gasteiger partial charge in [0.1, 0.15) is 11.4 Å². The minimum absolute atomic E-state index is 0.111. The van der Waals surface area contributed by atoms with Crippen LogP contribution < -0.4 is 25.4 Å². The molecule has 2 aromatic rings. The lowest BCUT2D eigenvalue weighted by molar-refractivity contribution is 0.0600. The Hall–Kier alpha value is -2.90. The maximum atomic E-state index is 12.9. The summed E-state index contributed by atoms with van der Waals surface area (Å²) in [4.78, 5) is 28.7. The van der Waals surface area contributed by atoms with Crippen LogP contribution in [0.25, 0.3) is 0 Å². The van der Waals surface area contributed by atoms with Crippen molar-refractivity contribution in [3.05, 3.63) is 30.0 Å². The maximum Gasteiger partial charge on any atom is 0.405 e. The van der Waals surface area contributed by atoms with Gasteiger partial charge in [0.05, 0.1) is 12.3 Å². The van der Waals surface area contributed by atoms with E-state index < -0.39 is 21.7 Å². The van der Waals surface area contributed by atoms with Crippen LogP contribution in [-0.2, 0) is 14.8 Å². The lowest BCUT2D eigenvalue weighted by Crippen LogP contribution is -2.35. The number of primary amides is 1.